The molecule has 19 heavy (non-hydrogen) atoms. The molecule has 3 nitrogen and oxygen atoms in total. The fourth-order valence-electron chi connectivity index (χ4n) is 2.95. The molecule has 0 aromatic carbocycles. The number of nitrogens with zero attached hydrogens (tertiary/aromatic N) is 1. The molecule has 0 saturated carbocycles. The second kappa shape index (κ2) is 5.56. The Hall–Kier alpha value is -0.990. The van der Waals surface area contributed by atoms with E-state index in [1.54, 1.807) is 0 Å². The molecule has 1 aliphatic rings. The first-order valence-corrected chi connectivity index (χ1v) is 7.32. The molecule has 1 heterocycles. The molecule has 0 bridgehead atoms. The van der Waals surface area contributed by atoms with Gasteiger partial charge in [0.15, 0.2) is 0 Å². The van der Waals surface area contributed by atoms with Gasteiger partial charge in [0, 0.05) is 18.2 Å². The van der Waals surface area contributed by atoms with Crippen molar-refractivity contribution in [3.8, 4) is 0 Å². The van der Waals surface area contributed by atoms with E-state index in [0.29, 0.717) is 17.8 Å². The first-order valence-electron chi connectivity index (χ1n) is 7.32. The van der Waals surface area contributed by atoms with Gasteiger partial charge in [0.2, 0.25) is 5.91 Å². The fraction of sp³-hybridized carbons (Fsp3) is 0.812. The molecule has 110 valence electrons. The Morgan fingerprint density at radius 1 is 1.32 bits per heavy atom. The third-order valence-electron chi connectivity index (χ3n) is 4.76. The van der Waals surface area contributed by atoms with Gasteiger partial charge in [-0.3, -0.25) is 4.79 Å². The Labute approximate surface area is 118 Å². The minimum Gasteiger partial charge on any atom is -0.368 e. The maximum absolute atomic E-state index is 11.8. The van der Waals surface area contributed by atoms with Crippen LogP contribution in [0.15, 0.2) is 12.3 Å². The summed E-state index contributed by atoms with van der Waals surface area (Å²) in [5.41, 5.74) is 6.84. The number of amides is 1. The Balaban J connectivity index is 2.94. The Bertz CT molecular complexity index is 354. The number of likely N-dealkylation sites (tertiary alicyclic amines) is 1. The molecule has 0 spiro atoms. The molecule has 0 aliphatic carbocycles. The van der Waals surface area contributed by atoms with Crippen molar-refractivity contribution in [1.82, 2.24) is 4.90 Å². The van der Waals surface area contributed by atoms with E-state index in [1.165, 1.54) is 0 Å². The minimum absolute atomic E-state index is 0.148. The zero-order chi connectivity index (χ0) is 15.0. The maximum atomic E-state index is 11.8. The summed E-state index contributed by atoms with van der Waals surface area (Å²) in [7, 11) is 0. The third-order valence-corrected chi connectivity index (χ3v) is 4.76. The number of hydrogen-bond donors (Lipinski definition) is 1. The number of primary amides is 1. The van der Waals surface area contributed by atoms with Gasteiger partial charge in [-0.25, -0.2) is 0 Å². The zero-order valence-electron chi connectivity index (χ0n) is 13.4. The lowest BCUT2D eigenvalue weighted by atomic mass is 9.79. The molecule has 0 aromatic heterocycles. The van der Waals surface area contributed by atoms with Crippen molar-refractivity contribution >= 4 is 5.91 Å². The third kappa shape index (κ3) is 3.31. The van der Waals surface area contributed by atoms with Crippen LogP contribution in [0.1, 0.15) is 48.0 Å². The summed E-state index contributed by atoms with van der Waals surface area (Å²) in [6.07, 6.45) is 1.03. The molecule has 1 rings (SSSR count). The Morgan fingerprint density at radius 3 is 2.21 bits per heavy atom. The van der Waals surface area contributed by atoms with Gasteiger partial charge in [-0.1, -0.05) is 48.1 Å². The summed E-state index contributed by atoms with van der Waals surface area (Å²) in [6.45, 7) is 18.3. The highest BCUT2D eigenvalue weighted by Gasteiger charge is 2.41. The number of carbonyl (C=O) groups excluding carboxylic acids is 1. The van der Waals surface area contributed by atoms with Gasteiger partial charge in [0.05, 0.1) is 0 Å². The Morgan fingerprint density at radius 2 is 1.84 bits per heavy atom. The van der Waals surface area contributed by atoms with Gasteiger partial charge < -0.3 is 10.6 Å². The van der Waals surface area contributed by atoms with Crippen molar-refractivity contribution in [1.29, 1.82) is 0 Å². The lowest BCUT2D eigenvalue weighted by Crippen LogP contribution is -2.46. The molecule has 1 fully saturated rings. The first-order chi connectivity index (χ1) is 8.57. The van der Waals surface area contributed by atoms with Crippen LogP contribution in [0, 0.1) is 23.2 Å². The molecule has 2 N–H and O–H groups in total. The van der Waals surface area contributed by atoms with Crippen LogP contribution in [0.4, 0.5) is 0 Å². The predicted molar refractivity (Wildman–Crippen MR) is 80.4 cm³/mol. The van der Waals surface area contributed by atoms with Gasteiger partial charge >= 0.3 is 0 Å². The smallest absolute Gasteiger partial charge is 0.240 e. The molecular weight excluding hydrogens is 236 g/mol. The van der Waals surface area contributed by atoms with Crippen LogP contribution in [0.3, 0.4) is 0 Å². The van der Waals surface area contributed by atoms with E-state index < -0.39 is 0 Å². The zero-order valence-corrected chi connectivity index (χ0v) is 13.4. The topological polar surface area (TPSA) is 46.3 Å². The highest BCUT2D eigenvalue weighted by Crippen LogP contribution is 2.38. The largest absolute Gasteiger partial charge is 0.368 e. The van der Waals surface area contributed by atoms with E-state index in [0.717, 1.165) is 18.7 Å². The van der Waals surface area contributed by atoms with E-state index in [4.69, 9.17) is 5.73 Å². The van der Waals surface area contributed by atoms with Crippen molar-refractivity contribution < 1.29 is 4.79 Å². The normalized spacial score (nSPS) is 25.7. The second-order valence-electron chi connectivity index (χ2n) is 7.32. The molecular formula is C16H30N2O. The lowest BCUT2D eigenvalue weighted by Gasteiger charge is -2.37. The van der Waals surface area contributed by atoms with Gasteiger partial charge in [-0.15, -0.1) is 0 Å². The van der Waals surface area contributed by atoms with E-state index >= 15 is 0 Å². The molecule has 3 atom stereocenters. The number of carbonyl (C=O) groups is 1. The summed E-state index contributed by atoms with van der Waals surface area (Å²) in [4.78, 5) is 14.0. The SMILES string of the molecule is C=C([C@@H](C)C(C)(C)C)N1CC[C@H](C(C)C)[C@H]1C(N)=O. The number of hydrogen-bond acceptors (Lipinski definition) is 2. The van der Waals surface area contributed by atoms with Crippen molar-refractivity contribution in [3.05, 3.63) is 12.3 Å². The average molecular weight is 266 g/mol. The number of rotatable bonds is 4. The highest BCUT2D eigenvalue weighted by atomic mass is 16.1. The van der Waals surface area contributed by atoms with Crippen molar-refractivity contribution in [3.63, 3.8) is 0 Å². The quantitative estimate of drug-likeness (QED) is 0.850. The minimum atomic E-state index is -0.210. The van der Waals surface area contributed by atoms with E-state index in [2.05, 4.69) is 53.0 Å². The summed E-state index contributed by atoms with van der Waals surface area (Å²) < 4.78 is 0. The number of allylic oxidation sites excluding steroid dienone is 1. The predicted octanol–water partition coefficient (Wildman–Crippen LogP) is 3.01. The molecule has 0 radical (unpaired) electrons. The fourth-order valence-corrected chi connectivity index (χ4v) is 2.95. The van der Waals surface area contributed by atoms with Crippen molar-refractivity contribution in [2.75, 3.05) is 6.54 Å². The summed E-state index contributed by atoms with van der Waals surface area (Å²) in [6, 6.07) is -0.183. The molecule has 1 amide bonds. The van der Waals surface area contributed by atoms with E-state index in [-0.39, 0.29) is 17.4 Å². The van der Waals surface area contributed by atoms with Crippen molar-refractivity contribution in [2.24, 2.45) is 28.9 Å². The maximum Gasteiger partial charge on any atom is 0.240 e. The van der Waals surface area contributed by atoms with E-state index in [1.807, 2.05) is 0 Å². The number of nitrogens with two attached hydrogens (primary N) is 1. The van der Waals surface area contributed by atoms with Gasteiger partial charge in [0.25, 0.3) is 0 Å². The van der Waals surface area contributed by atoms with Crippen LogP contribution in [0.2, 0.25) is 0 Å². The molecule has 1 aliphatic heterocycles. The summed E-state index contributed by atoms with van der Waals surface area (Å²) in [5, 5.41) is 0. The van der Waals surface area contributed by atoms with Gasteiger partial charge in [-0.05, 0) is 23.7 Å². The monoisotopic (exact) mass is 266 g/mol. The van der Waals surface area contributed by atoms with Crippen molar-refractivity contribution in [2.45, 2.75) is 54.0 Å². The van der Waals surface area contributed by atoms with Crippen LogP contribution < -0.4 is 5.73 Å². The van der Waals surface area contributed by atoms with Crippen LogP contribution in [0.25, 0.3) is 0 Å². The lowest BCUT2D eigenvalue weighted by molar-refractivity contribution is -0.123. The second-order valence-corrected chi connectivity index (χ2v) is 7.32. The van der Waals surface area contributed by atoms with Crippen LogP contribution in [0.5, 0.6) is 0 Å². The van der Waals surface area contributed by atoms with Gasteiger partial charge in [-0.2, -0.15) is 0 Å². The molecule has 0 unspecified atom stereocenters. The van der Waals surface area contributed by atoms with Gasteiger partial charge in [0.1, 0.15) is 6.04 Å². The molecule has 0 aromatic rings. The highest BCUT2D eigenvalue weighted by molar-refractivity contribution is 5.81. The molecule has 3 heteroatoms. The van der Waals surface area contributed by atoms with E-state index in [9.17, 15) is 4.79 Å². The summed E-state index contributed by atoms with van der Waals surface area (Å²) in [5.74, 6) is 0.945. The first kappa shape index (κ1) is 16.1. The van der Waals surface area contributed by atoms with Crippen LogP contribution >= 0.6 is 0 Å². The van der Waals surface area contributed by atoms with Crippen LogP contribution in [-0.4, -0.2) is 23.4 Å². The average Bonchev–Trinajstić information content (AvgIpc) is 2.70. The van der Waals surface area contributed by atoms with Crippen LogP contribution in [-0.2, 0) is 4.79 Å². The summed E-state index contributed by atoms with van der Waals surface area (Å²) >= 11 is 0. The Kier molecular flexibility index (Phi) is 4.70. The standard InChI is InChI=1S/C16H30N2O/c1-10(2)13-8-9-18(14(13)15(17)19)12(4)11(3)16(5,6)7/h10-11,13-14H,4,8-9H2,1-3,5-7H3,(H2,17,19)/t11-,13-,14+/m1/s1. The molecule has 1 saturated heterocycles.